The van der Waals surface area contributed by atoms with Crippen LogP contribution in [0.5, 0.6) is 0 Å². The van der Waals surface area contributed by atoms with Crippen LogP contribution in [0.2, 0.25) is 0 Å². The monoisotopic (exact) mass is 569 g/mol. The van der Waals surface area contributed by atoms with Crippen molar-refractivity contribution in [3.8, 4) is 0 Å². The van der Waals surface area contributed by atoms with Crippen molar-refractivity contribution in [1.82, 2.24) is 20.3 Å². The summed E-state index contributed by atoms with van der Waals surface area (Å²) >= 11 is 0. The van der Waals surface area contributed by atoms with Gasteiger partial charge in [0.05, 0.1) is 26.4 Å². The summed E-state index contributed by atoms with van der Waals surface area (Å²) in [6.07, 6.45) is 0. The van der Waals surface area contributed by atoms with E-state index in [-0.39, 0.29) is 5.91 Å². The Hall–Kier alpha value is -4.54. The van der Waals surface area contributed by atoms with Crippen molar-refractivity contribution in [2.24, 2.45) is 0 Å². The molecule has 0 bridgehead atoms. The normalized spacial score (nSPS) is 10.7. The van der Waals surface area contributed by atoms with Gasteiger partial charge in [0.25, 0.3) is 5.91 Å². The Bertz CT molecular complexity index is 1360. The number of rotatable bonds is 17. The van der Waals surface area contributed by atoms with E-state index in [0.29, 0.717) is 76.0 Å². The van der Waals surface area contributed by atoms with Crippen LogP contribution in [0.4, 0.5) is 17.8 Å². The van der Waals surface area contributed by atoms with E-state index in [0.717, 1.165) is 5.56 Å². The number of ether oxygens (including phenoxy) is 2. The van der Waals surface area contributed by atoms with Gasteiger partial charge in [0.1, 0.15) is 0 Å². The number of carbonyl (C=O) groups is 1. The third-order valence-electron chi connectivity index (χ3n) is 6.27. The molecule has 1 heterocycles. The molecule has 0 unspecified atom stereocenters. The molecule has 10 nitrogen and oxygen atoms in total. The number of aromatic nitrogens is 3. The maximum atomic E-state index is 12.0. The molecule has 220 valence electrons. The van der Waals surface area contributed by atoms with Crippen LogP contribution in [0.1, 0.15) is 27.0 Å². The Morgan fingerprint density at radius 2 is 1.33 bits per heavy atom. The molecule has 42 heavy (non-hydrogen) atoms. The molecule has 1 aromatic heterocycles. The van der Waals surface area contributed by atoms with Gasteiger partial charge in [0.15, 0.2) is 0 Å². The number of anilines is 3. The van der Waals surface area contributed by atoms with E-state index in [1.807, 2.05) is 48.3 Å². The number of amides is 1. The molecule has 0 saturated heterocycles. The fourth-order valence-corrected chi connectivity index (χ4v) is 3.99. The highest BCUT2D eigenvalue weighted by molar-refractivity contribution is 5.94. The number of nitrogens with zero attached hydrogens (tertiary/aromatic N) is 4. The van der Waals surface area contributed by atoms with E-state index in [4.69, 9.17) is 9.47 Å². The zero-order valence-electron chi connectivity index (χ0n) is 24.3. The predicted octanol–water partition coefficient (Wildman–Crippen LogP) is 4.30. The molecule has 0 spiro atoms. The predicted molar refractivity (Wildman–Crippen MR) is 166 cm³/mol. The smallest absolute Gasteiger partial charge is 0.251 e. The minimum atomic E-state index is -0.109. The van der Waals surface area contributed by atoms with Gasteiger partial charge in [0, 0.05) is 38.8 Å². The molecule has 0 aliphatic carbocycles. The summed E-state index contributed by atoms with van der Waals surface area (Å²) in [6, 6.07) is 27.7. The molecule has 1 amide bonds. The van der Waals surface area contributed by atoms with E-state index in [1.54, 1.807) is 12.1 Å². The van der Waals surface area contributed by atoms with E-state index >= 15 is 0 Å². The summed E-state index contributed by atoms with van der Waals surface area (Å²) in [4.78, 5) is 27.9. The Morgan fingerprint density at radius 1 is 0.714 bits per heavy atom. The molecule has 0 aliphatic heterocycles. The van der Waals surface area contributed by atoms with Crippen LogP contribution in [-0.4, -0.2) is 67.4 Å². The third kappa shape index (κ3) is 10.5. The van der Waals surface area contributed by atoms with Crippen LogP contribution >= 0.6 is 0 Å². The molecule has 4 rings (SSSR count). The molecular weight excluding hydrogens is 530 g/mol. The standard InChI is InChI=1S/C32H39N7O3/c1-25-13-15-26(16-14-25)23-35-31-36-30(37-32(38-31)39(2)24-27-9-5-3-6-10-27)34-18-20-42-22-21-41-19-17-33-29(40)28-11-7-4-8-12-28/h3-16H,17-24H2,1-2H3,(H,33,40)(H2,34,35,36,37,38). The highest BCUT2D eigenvalue weighted by Gasteiger charge is 2.11. The van der Waals surface area contributed by atoms with Gasteiger partial charge < -0.3 is 30.3 Å². The highest BCUT2D eigenvalue weighted by Crippen LogP contribution is 2.16. The summed E-state index contributed by atoms with van der Waals surface area (Å²) in [5.41, 5.74) is 4.16. The summed E-state index contributed by atoms with van der Waals surface area (Å²) in [5.74, 6) is 1.43. The first-order valence-corrected chi connectivity index (χ1v) is 14.1. The molecule has 3 aromatic carbocycles. The van der Waals surface area contributed by atoms with Crippen LogP contribution in [0, 0.1) is 6.92 Å². The number of aryl methyl sites for hydroxylation is 1. The number of benzene rings is 3. The Kier molecular flexibility index (Phi) is 12.1. The SMILES string of the molecule is Cc1ccc(CNc2nc(NCCOCCOCCNC(=O)c3ccccc3)nc(N(C)Cc3ccccc3)n2)cc1. The lowest BCUT2D eigenvalue weighted by Gasteiger charge is -2.19. The van der Waals surface area contributed by atoms with Gasteiger partial charge >= 0.3 is 0 Å². The Balaban J connectivity index is 1.20. The van der Waals surface area contributed by atoms with Gasteiger partial charge in [-0.15, -0.1) is 0 Å². The van der Waals surface area contributed by atoms with Gasteiger partial charge in [-0.25, -0.2) is 0 Å². The summed E-state index contributed by atoms with van der Waals surface area (Å²) in [7, 11) is 1.96. The van der Waals surface area contributed by atoms with E-state index < -0.39 is 0 Å². The van der Waals surface area contributed by atoms with Crippen molar-refractivity contribution in [3.05, 3.63) is 107 Å². The average molecular weight is 570 g/mol. The topological polar surface area (TPSA) is 114 Å². The summed E-state index contributed by atoms with van der Waals surface area (Å²) < 4.78 is 11.2. The van der Waals surface area contributed by atoms with E-state index in [2.05, 4.69) is 74.2 Å². The first kappa shape index (κ1) is 30.4. The molecule has 0 fully saturated rings. The molecular formula is C32H39N7O3. The zero-order chi connectivity index (χ0) is 29.4. The lowest BCUT2D eigenvalue weighted by molar-refractivity contribution is 0.0519. The fourth-order valence-electron chi connectivity index (χ4n) is 3.99. The number of hydrogen-bond donors (Lipinski definition) is 3. The molecule has 0 aliphatic rings. The van der Waals surface area contributed by atoms with Crippen molar-refractivity contribution < 1.29 is 14.3 Å². The Morgan fingerprint density at radius 3 is 2.02 bits per heavy atom. The van der Waals surface area contributed by atoms with Crippen LogP contribution in [0.3, 0.4) is 0 Å². The minimum absolute atomic E-state index is 0.109. The molecule has 0 radical (unpaired) electrons. The van der Waals surface area contributed by atoms with Crippen molar-refractivity contribution >= 4 is 23.8 Å². The highest BCUT2D eigenvalue weighted by atomic mass is 16.5. The van der Waals surface area contributed by atoms with Crippen molar-refractivity contribution in [2.75, 3.05) is 62.1 Å². The third-order valence-corrected chi connectivity index (χ3v) is 6.27. The fraction of sp³-hybridized carbons (Fsp3) is 0.312. The van der Waals surface area contributed by atoms with Crippen LogP contribution < -0.4 is 20.9 Å². The molecule has 3 N–H and O–H groups in total. The minimum Gasteiger partial charge on any atom is -0.377 e. The van der Waals surface area contributed by atoms with Gasteiger partial charge in [-0.2, -0.15) is 15.0 Å². The largest absolute Gasteiger partial charge is 0.377 e. The van der Waals surface area contributed by atoms with E-state index in [9.17, 15) is 4.79 Å². The molecule has 10 heteroatoms. The number of hydrogen-bond acceptors (Lipinski definition) is 9. The molecule has 4 aromatic rings. The average Bonchev–Trinajstić information content (AvgIpc) is 3.02. The maximum absolute atomic E-state index is 12.0. The van der Waals surface area contributed by atoms with E-state index in [1.165, 1.54) is 11.1 Å². The van der Waals surface area contributed by atoms with Gasteiger partial charge in [-0.3, -0.25) is 4.79 Å². The van der Waals surface area contributed by atoms with Gasteiger partial charge in [0.2, 0.25) is 17.8 Å². The quantitative estimate of drug-likeness (QED) is 0.160. The second-order valence-electron chi connectivity index (χ2n) is 9.74. The summed E-state index contributed by atoms with van der Waals surface area (Å²) in [6.45, 7) is 6.07. The van der Waals surface area contributed by atoms with Crippen molar-refractivity contribution in [1.29, 1.82) is 0 Å². The van der Waals surface area contributed by atoms with Crippen molar-refractivity contribution in [3.63, 3.8) is 0 Å². The summed E-state index contributed by atoms with van der Waals surface area (Å²) in [5, 5.41) is 9.41. The zero-order valence-corrected chi connectivity index (χ0v) is 24.3. The second kappa shape index (κ2) is 16.7. The lowest BCUT2D eigenvalue weighted by Crippen LogP contribution is -2.27. The first-order chi connectivity index (χ1) is 20.6. The Labute approximate surface area is 247 Å². The molecule has 0 saturated carbocycles. The van der Waals surface area contributed by atoms with Crippen LogP contribution in [0.25, 0.3) is 0 Å². The molecule has 0 atom stereocenters. The lowest BCUT2D eigenvalue weighted by atomic mass is 10.1. The second-order valence-corrected chi connectivity index (χ2v) is 9.74. The first-order valence-electron chi connectivity index (χ1n) is 14.1. The number of nitrogens with one attached hydrogen (secondary N) is 3. The van der Waals surface area contributed by atoms with Crippen LogP contribution in [0.15, 0.2) is 84.9 Å². The number of carbonyl (C=O) groups excluding carboxylic acids is 1. The van der Waals surface area contributed by atoms with Gasteiger partial charge in [-0.05, 0) is 30.2 Å². The van der Waals surface area contributed by atoms with Crippen LogP contribution in [-0.2, 0) is 22.6 Å². The van der Waals surface area contributed by atoms with Gasteiger partial charge in [-0.1, -0.05) is 78.4 Å². The maximum Gasteiger partial charge on any atom is 0.251 e. The van der Waals surface area contributed by atoms with Crippen molar-refractivity contribution in [2.45, 2.75) is 20.0 Å².